The molecule has 0 saturated carbocycles. The lowest BCUT2D eigenvalue weighted by Crippen LogP contribution is -2.24. The molecule has 0 spiro atoms. The monoisotopic (exact) mass is 131 g/mol. The van der Waals surface area contributed by atoms with E-state index < -0.39 is 0 Å². The fourth-order valence-electron chi connectivity index (χ4n) is 0.820. The molecule has 0 aliphatic carbocycles. The van der Waals surface area contributed by atoms with E-state index in [0.717, 1.165) is 6.42 Å². The van der Waals surface area contributed by atoms with Crippen LogP contribution in [0.1, 0.15) is 20.3 Å². The summed E-state index contributed by atoms with van der Waals surface area (Å²) < 4.78 is 0. The van der Waals surface area contributed by atoms with Crippen molar-refractivity contribution in [3.8, 4) is 0 Å². The number of hydrogen-bond donors (Lipinski definition) is 2. The van der Waals surface area contributed by atoms with E-state index in [2.05, 4.69) is 13.8 Å². The second-order valence-electron chi connectivity index (χ2n) is 2.56. The zero-order valence-corrected chi connectivity index (χ0v) is 6.30. The predicted octanol–water partition coefficient (Wildman–Crippen LogP) is 0.600. The topological polar surface area (TPSA) is 46.2 Å². The minimum atomic E-state index is 0.228. The Labute approximate surface area is 57.1 Å². The van der Waals surface area contributed by atoms with Crippen molar-refractivity contribution in [1.29, 1.82) is 0 Å². The number of aliphatic hydroxyl groups excluding tert-OH is 1. The lowest BCUT2D eigenvalue weighted by atomic mass is 9.93. The molecule has 0 aromatic carbocycles. The summed E-state index contributed by atoms with van der Waals surface area (Å²) in [6.45, 7) is 5.06. The second-order valence-corrected chi connectivity index (χ2v) is 2.56. The first-order chi connectivity index (χ1) is 4.26. The largest absolute Gasteiger partial charge is 0.396 e. The van der Waals surface area contributed by atoms with Gasteiger partial charge in [-0.25, -0.2) is 0 Å². The smallest absolute Gasteiger partial charge is 0.0473 e. The second kappa shape index (κ2) is 4.77. The van der Waals surface area contributed by atoms with E-state index in [9.17, 15) is 0 Å². The van der Waals surface area contributed by atoms with Gasteiger partial charge in [0.1, 0.15) is 0 Å². The van der Waals surface area contributed by atoms with Crippen LogP contribution in [0.15, 0.2) is 0 Å². The van der Waals surface area contributed by atoms with E-state index in [1.54, 1.807) is 0 Å². The van der Waals surface area contributed by atoms with Crippen LogP contribution in [0.3, 0.4) is 0 Å². The highest BCUT2D eigenvalue weighted by Gasteiger charge is 2.11. The highest BCUT2D eigenvalue weighted by molar-refractivity contribution is 4.63. The van der Waals surface area contributed by atoms with Gasteiger partial charge in [0, 0.05) is 6.61 Å². The summed E-state index contributed by atoms with van der Waals surface area (Å²) >= 11 is 0. The Balaban J connectivity index is 3.50. The molecule has 0 bridgehead atoms. The third kappa shape index (κ3) is 2.82. The van der Waals surface area contributed by atoms with Crippen molar-refractivity contribution in [3.63, 3.8) is 0 Å². The van der Waals surface area contributed by atoms with Crippen LogP contribution < -0.4 is 5.73 Å². The maximum atomic E-state index is 8.75. The van der Waals surface area contributed by atoms with Gasteiger partial charge in [-0.15, -0.1) is 0 Å². The lowest BCUT2D eigenvalue weighted by molar-refractivity contribution is 0.185. The Kier molecular flexibility index (Phi) is 4.72. The van der Waals surface area contributed by atoms with Crippen molar-refractivity contribution < 1.29 is 5.11 Å². The average molecular weight is 131 g/mol. The quantitative estimate of drug-likeness (QED) is 0.587. The van der Waals surface area contributed by atoms with Gasteiger partial charge in [-0.3, -0.25) is 0 Å². The number of hydrogen-bond acceptors (Lipinski definition) is 2. The van der Waals surface area contributed by atoms with E-state index >= 15 is 0 Å². The van der Waals surface area contributed by atoms with E-state index in [1.165, 1.54) is 0 Å². The summed E-state index contributed by atoms with van der Waals surface area (Å²) in [5.41, 5.74) is 5.40. The van der Waals surface area contributed by atoms with Crippen LogP contribution in [0.5, 0.6) is 0 Å². The van der Waals surface area contributed by atoms with Gasteiger partial charge in [0.2, 0.25) is 0 Å². The number of rotatable bonds is 4. The van der Waals surface area contributed by atoms with Crippen molar-refractivity contribution in [3.05, 3.63) is 0 Å². The molecule has 0 rings (SSSR count). The normalized spacial score (nSPS) is 17.3. The Morgan fingerprint density at radius 3 is 2.22 bits per heavy atom. The summed E-state index contributed by atoms with van der Waals surface area (Å²) in [6.07, 6.45) is 1.10. The van der Waals surface area contributed by atoms with Crippen LogP contribution in [-0.2, 0) is 0 Å². The van der Waals surface area contributed by atoms with Gasteiger partial charge in [-0.2, -0.15) is 0 Å². The third-order valence-corrected chi connectivity index (χ3v) is 1.99. The van der Waals surface area contributed by atoms with Gasteiger partial charge >= 0.3 is 0 Å². The highest BCUT2D eigenvalue weighted by atomic mass is 16.3. The van der Waals surface area contributed by atoms with Crippen LogP contribution in [0.2, 0.25) is 0 Å². The maximum Gasteiger partial charge on any atom is 0.0473 e. The SMILES string of the molecule is CC[C@@H](C)[C@@H](CN)CO. The molecule has 0 aromatic rings. The molecule has 56 valence electrons. The molecule has 9 heavy (non-hydrogen) atoms. The molecule has 3 N–H and O–H groups in total. The Bertz CT molecular complexity index is 61.9. The Morgan fingerprint density at radius 1 is 1.56 bits per heavy atom. The third-order valence-electron chi connectivity index (χ3n) is 1.99. The minimum Gasteiger partial charge on any atom is -0.396 e. The predicted molar refractivity (Wildman–Crippen MR) is 39.1 cm³/mol. The molecule has 0 aliphatic rings. The molecule has 0 radical (unpaired) electrons. The standard InChI is InChI=1S/C7H17NO/c1-3-6(2)7(4-8)5-9/h6-7,9H,3-5,8H2,1-2H3/t6-,7+/m1/s1. The molecule has 2 atom stereocenters. The molecule has 0 fully saturated rings. The van der Waals surface area contributed by atoms with Gasteiger partial charge < -0.3 is 10.8 Å². The van der Waals surface area contributed by atoms with Crippen molar-refractivity contribution >= 4 is 0 Å². The lowest BCUT2D eigenvalue weighted by Gasteiger charge is -2.17. The number of aliphatic hydroxyl groups is 1. The molecule has 2 heteroatoms. The summed E-state index contributed by atoms with van der Waals surface area (Å²) in [6, 6.07) is 0. The van der Waals surface area contributed by atoms with Gasteiger partial charge in [-0.05, 0) is 18.4 Å². The molecular formula is C7H17NO. The molecule has 0 saturated heterocycles. The highest BCUT2D eigenvalue weighted by Crippen LogP contribution is 2.12. The van der Waals surface area contributed by atoms with Crippen LogP contribution in [0, 0.1) is 11.8 Å². The first-order valence-corrected chi connectivity index (χ1v) is 3.57. The van der Waals surface area contributed by atoms with E-state index in [1.807, 2.05) is 0 Å². The van der Waals surface area contributed by atoms with Crippen molar-refractivity contribution in [2.45, 2.75) is 20.3 Å². The summed E-state index contributed by atoms with van der Waals surface area (Å²) in [4.78, 5) is 0. The summed E-state index contributed by atoms with van der Waals surface area (Å²) in [5, 5.41) is 8.75. The number of nitrogens with two attached hydrogens (primary N) is 1. The van der Waals surface area contributed by atoms with Crippen molar-refractivity contribution in [2.75, 3.05) is 13.2 Å². The van der Waals surface area contributed by atoms with Crippen LogP contribution in [0.4, 0.5) is 0 Å². The van der Waals surface area contributed by atoms with E-state index in [4.69, 9.17) is 10.8 Å². The molecule has 0 amide bonds. The first kappa shape index (κ1) is 8.92. The molecule has 2 nitrogen and oxygen atoms in total. The van der Waals surface area contributed by atoms with Gasteiger partial charge in [0.15, 0.2) is 0 Å². The molecule has 0 unspecified atom stereocenters. The zero-order chi connectivity index (χ0) is 7.28. The molecule has 0 aromatic heterocycles. The van der Waals surface area contributed by atoms with Crippen molar-refractivity contribution in [2.24, 2.45) is 17.6 Å². The minimum absolute atomic E-state index is 0.228. The zero-order valence-electron chi connectivity index (χ0n) is 6.30. The Morgan fingerprint density at radius 2 is 2.11 bits per heavy atom. The van der Waals surface area contributed by atoms with Crippen LogP contribution in [0.25, 0.3) is 0 Å². The van der Waals surface area contributed by atoms with Gasteiger partial charge in [-0.1, -0.05) is 20.3 Å². The fraction of sp³-hybridized carbons (Fsp3) is 1.00. The summed E-state index contributed by atoms with van der Waals surface area (Å²) in [7, 11) is 0. The van der Waals surface area contributed by atoms with E-state index in [0.29, 0.717) is 18.4 Å². The molecular weight excluding hydrogens is 114 g/mol. The van der Waals surface area contributed by atoms with Crippen molar-refractivity contribution in [1.82, 2.24) is 0 Å². The molecule has 0 aliphatic heterocycles. The van der Waals surface area contributed by atoms with Crippen LogP contribution in [-0.4, -0.2) is 18.3 Å². The van der Waals surface area contributed by atoms with Crippen LogP contribution >= 0.6 is 0 Å². The average Bonchev–Trinajstić information content (AvgIpc) is 1.90. The molecule has 0 heterocycles. The van der Waals surface area contributed by atoms with Gasteiger partial charge in [0.05, 0.1) is 0 Å². The summed E-state index contributed by atoms with van der Waals surface area (Å²) in [5.74, 6) is 0.856. The first-order valence-electron chi connectivity index (χ1n) is 3.57. The van der Waals surface area contributed by atoms with E-state index in [-0.39, 0.29) is 6.61 Å². The Hall–Kier alpha value is -0.0800. The van der Waals surface area contributed by atoms with Gasteiger partial charge in [0.25, 0.3) is 0 Å². The fourth-order valence-corrected chi connectivity index (χ4v) is 0.820. The maximum absolute atomic E-state index is 8.75.